The lowest BCUT2D eigenvalue weighted by Crippen LogP contribution is -2.25. The zero-order chi connectivity index (χ0) is 17.6. The number of rotatable bonds is 5. The number of nitrogens with one attached hydrogen (secondary N) is 2. The van der Waals surface area contributed by atoms with Gasteiger partial charge in [-0.25, -0.2) is 0 Å². The first-order valence-electron chi connectivity index (χ1n) is 8.02. The highest BCUT2D eigenvalue weighted by Gasteiger charge is 2.15. The van der Waals surface area contributed by atoms with Crippen molar-refractivity contribution in [2.45, 2.75) is 12.8 Å². The van der Waals surface area contributed by atoms with Gasteiger partial charge in [0.1, 0.15) is 5.75 Å². The molecule has 2 amide bonds. The van der Waals surface area contributed by atoms with Crippen molar-refractivity contribution in [3.05, 3.63) is 59.2 Å². The molecule has 2 aromatic carbocycles. The first-order chi connectivity index (χ1) is 12.2. The van der Waals surface area contributed by atoms with E-state index in [0.717, 1.165) is 23.3 Å². The van der Waals surface area contributed by atoms with E-state index in [1.54, 1.807) is 24.3 Å². The van der Waals surface area contributed by atoms with E-state index in [2.05, 4.69) is 16.6 Å². The molecule has 5 nitrogen and oxygen atoms in total. The maximum atomic E-state index is 12.4. The predicted octanol–water partition coefficient (Wildman–Crippen LogP) is 2.17. The Kier molecular flexibility index (Phi) is 5.00. The van der Waals surface area contributed by atoms with Gasteiger partial charge in [-0.3, -0.25) is 9.59 Å². The van der Waals surface area contributed by atoms with Gasteiger partial charge < -0.3 is 15.4 Å². The summed E-state index contributed by atoms with van der Waals surface area (Å²) >= 11 is 0. The molecule has 0 aliphatic carbocycles. The molecule has 0 unspecified atom stereocenters. The van der Waals surface area contributed by atoms with E-state index in [1.165, 1.54) is 0 Å². The van der Waals surface area contributed by atoms with Crippen molar-refractivity contribution in [2.24, 2.45) is 0 Å². The Bertz CT molecular complexity index is 852. The van der Waals surface area contributed by atoms with Crippen LogP contribution >= 0.6 is 0 Å². The van der Waals surface area contributed by atoms with E-state index in [4.69, 9.17) is 11.2 Å². The Hall–Kier alpha value is -3.26. The minimum atomic E-state index is -0.316. The quantitative estimate of drug-likeness (QED) is 0.824. The average Bonchev–Trinajstić information content (AvgIpc) is 3.07. The highest BCUT2D eigenvalue weighted by Crippen LogP contribution is 2.26. The Morgan fingerprint density at radius 3 is 2.88 bits per heavy atom. The van der Waals surface area contributed by atoms with Crippen molar-refractivity contribution in [2.75, 3.05) is 18.5 Å². The molecule has 2 aromatic rings. The lowest BCUT2D eigenvalue weighted by Gasteiger charge is -2.11. The SMILES string of the molecule is C#CCNC(=O)c1ccccc1NC(=O)Cc1ccc2c(c1)CCO2. The molecule has 1 heterocycles. The van der Waals surface area contributed by atoms with Crippen LogP contribution in [0.1, 0.15) is 21.5 Å². The van der Waals surface area contributed by atoms with E-state index in [1.807, 2.05) is 18.2 Å². The molecular formula is C20H18N2O3. The summed E-state index contributed by atoms with van der Waals surface area (Å²) in [4.78, 5) is 24.5. The highest BCUT2D eigenvalue weighted by atomic mass is 16.5. The topological polar surface area (TPSA) is 67.4 Å². The fourth-order valence-corrected chi connectivity index (χ4v) is 2.75. The summed E-state index contributed by atoms with van der Waals surface area (Å²) in [6.45, 7) is 0.823. The number of anilines is 1. The van der Waals surface area contributed by atoms with Gasteiger partial charge in [-0.1, -0.05) is 30.2 Å². The summed E-state index contributed by atoms with van der Waals surface area (Å²) < 4.78 is 5.47. The number of hydrogen-bond acceptors (Lipinski definition) is 3. The van der Waals surface area contributed by atoms with Crippen molar-refractivity contribution < 1.29 is 14.3 Å². The minimum Gasteiger partial charge on any atom is -0.493 e. The maximum absolute atomic E-state index is 12.4. The van der Waals surface area contributed by atoms with E-state index < -0.39 is 0 Å². The van der Waals surface area contributed by atoms with E-state index >= 15 is 0 Å². The number of ether oxygens (including phenoxy) is 1. The highest BCUT2D eigenvalue weighted by molar-refractivity contribution is 6.04. The van der Waals surface area contributed by atoms with Gasteiger partial charge >= 0.3 is 0 Å². The van der Waals surface area contributed by atoms with Crippen LogP contribution in [0.3, 0.4) is 0 Å². The third-order valence-corrected chi connectivity index (χ3v) is 3.92. The van der Waals surface area contributed by atoms with Crippen molar-refractivity contribution in [3.8, 4) is 18.1 Å². The lowest BCUT2D eigenvalue weighted by atomic mass is 10.1. The van der Waals surface area contributed by atoms with Gasteiger partial charge in [0.05, 0.1) is 30.8 Å². The number of hydrogen-bond donors (Lipinski definition) is 2. The molecule has 1 aliphatic rings. The normalized spacial score (nSPS) is 11.8. The van der Waals surface area contributed by atoms with Crippen LogP contribution in [-0.2, 0) is 17.6 Å². The summed E-state index contributed by atoms with van der Waals surface area (Å²) in [6.07, 6.45) is 6.25. The van der Waals surface area contributed by atoms with Crippen molar-refractivity contribution in [3.63, 3.8) is 0 Å². The summed E-state index contributed by atoms with van der Waals surface area (Å²) in [5.74, 6) is 2.74. The van der Waals surface area contributed by atoms with Crippen LogP contribution in [0.15, 0.2) is 42.5 Å². The lowest BCUT2D eigenvalue weighted by molar-refractivity contribution is -0.115. The standard InChI is InChI=1S/C20H18N2O3/c1-2-10-21-20(24)16-5-3-4-6-17(16)22-19(23)13-14-7-8-18-15(12-14)9-11-25-18/h1,3-8,12H,9-11,13H2,(H,21,24)(H,22,23). The smallest absolute Gasteiger partial charge is 0.254 e. The van der Waals surface area contributed by atoms with Crippen molar-refractivity contribution in [1.82, 2.24) is 5.32 Å². The summed E-state index contributed by atoms with van der Waals surface area (Å²) in [6, 6.07) is 12.6. The fourth-order valence-electron chi connectivity index (χ4n) is 2.75. The molecule has 2 N–H and O–H groups in total. The van der Waals surface area contributed by atoms with Crippen LogP contribution in [0.5, 0.6) is 5.75 Å². The third-order valence-electron chi connectivity index (χ3n) is 3.92. The van der Waals surface area contributed by atoms with E-state index in [0.29, 0.717) is 17.9 Å². The van der Waals surface area contributed by atoms with Crippen LogP contribution in [0.2, 0.25) is 0 Å². The van der Waals surface area contributed by atoms with E-state index in [-0.39, 0.29) is 24.8 Å². The summed E-state index contributed by atoms with van der Waals surface area (Å²) in [7, 11) is 0. The fraction of sp³-hybridized carbons (Fsp3) is 0.200. The van der Waals surface area contributed by atoms with Crippen LogP contribution in [0.25, 0.3) is 0 Å². The minimum absolute atomic E-state index is 0.137. The first-order valence-corrected chi connectivity index (χ1v) is 8.02. The van der Waals surface area contributed by atoms with Gasteiger partial charge in [-0.15, -0.1) is 6.42 Å². The Morgan fingerprint density at radius 1 is 1.20 bits per heavy atom. The van der Waals surface area contributed by atoms with Gasteiger partial charge in [0.25, 0.3) is 5.91 Å². The molecule has 0 fully saturated rings. The molecule has 0 saturated heterocycles. The molecule has 25 heavy (non-hydrogen) atoms. The van der Waals surface area contributed by atoms with Crippen LogP contribution in [0.4, 0.5) is 5.69 Å². The molecule has 1 aliphatic heterocycles. The van der Waals surface area contributed by atoms with Crippen LogP contribution in [-0.4, -0.2) is 25.0 Å². The first kappa shape index (κ1) is 16.6. The van der Waals surface area contributed by atoms with Gasteiger partial charge in [-0.2, -0.15) is 0 Å². The number of carbonyl (C=O) groups is 2. The largest absolute Gasteiger partial charge is 0.493 e. The molecule has 0 atom stereocenters. The number of fused-ring (bicyclic) bond motifs is 1. The predicted molar refractivity (Wildman–Crippen MR) is 95.6 cm³/mol. The Balaban J connectivity index is 1.69. The Labute approximate surface area is 146 Å². The zero-order valence-corrected chi connectivity index (χ0v) is 13.7. The van der Waals surface area contributed by atoms with Crippen molar-refractivity contribution in [1.29, 1.82) is 0 Å². The molecule has 0 bridgehead atoms. The monoisotopic (exact) mass is 334 g/mol. The van der Waals surface area contributed by atoms with E-state index in [9.17, 15) is 9.59 Å². The molecule has 0 saturated carbocycles. The maximum Gasteiger partial charge on any atom is 0.254 e. The number of para-hydroxylation sites is 1. The second kappa shape index (κ2) is 7.54. The van der Waals surface area contributed by atoms with Gasteiger partial charge in [0, 0.05) is 6.42 Å². The molecular weight excluding hydrogens is 316 g/mol. The molecule has 3 rings (SSSR count). The number of benzene rings is 2. The number of carbonyl (C=O) groups excluding carboxylic acids is 2. The molecule has 0 spiro atoms. The number of terminal acetylenes is 1. The van der Waals surface area contributed by atoms with Crippen molar-refractivity contribution >= 4 is 17.5 Å². The molecule has 0 aromatic heterocycles. The second-order valence-electron chi connectivity index (χ2n) is 5.70. The second-order valence-corrected chi connectivity index (χ2v) is 5.70. The average molecular weight is 334 g/mol. The third kappa shape index (κ3) is 3.99. The molecule has 0 radical (unpaired) electrons. The molecule has 5 heteroatoms. The Morgan fingerprint density at radius 2 is 2.04 bits per heavy atom. The van der Waals surface area contributed by atoms with Crippen LogP contribution in [0, 0.1) is 12.3 Å². The number of amides is 2. The molecule has 126 valence electrons. The summed E-state index contributed by atoms with van der Waals surface area (Å²) in [5, 5.41) is 5.40. The van der Waals surface area contributed by atoms with Crippen LogP contribution < -0.4 is 15.4 Å². The zero-order valence-electron chi connectivity index (χ0n) is 13.7. The van der Waals surface area contributed by atoms with Gasteiger partial charge in [-0.05, 0) is 29.3 Å². The van der Waals surface area contributed by atoms with Gasteiger partial charge in [0.2, 0.25) is 5.91 Å². The van der Waals surface area contributed by atoms with Gasteiger partial charge in [0.15, 0.2) is 0 Å². The summed E-state index contributed by atoms with van der Waals surface area (Å²) in [5.41, 5.74) is 2.88.